The van der Waals surface area contributed by atoms with E-state index in [1.165, 1.54) is 0 Å². The van der Waals surface area contributed by atoms with E-state index in [0.29, 0.717) is 11.7 Å². The van der Waals surface area contributed by atoms with Crippen LogP contribution >= 0.6 is 0 Å². The number of nitrogens with one attached hydrogen (secondary N) is 2. The Morgan fingerprint density at radius 2 is 1.74 bits per heavy atom. The number of pyridine rings is 1. The fourth-order valence-electron chi connectivity index (χ4n) is 3.21. The van der Waals surface area contributed by atoms with Gasteiger partial charge in [-0.3, -0.25) is 10.2 Å². The van der Waals surface area contributed by atoms with Crippen molar-refractivity contribution in [3.05, 3.63) is 54.4 Å². The minimum Gasteiger partial charge on any atom is -0.481 e. The fraction of sp³-hybridized carbons (Fsp3) is 0.100. The van der Waals surface area contributed by atoms with Crippen LogP contribution in [0.2, 0.25) is 0 Å². The molecule has 0 unspecified atom stereocenters. The summed E-state index contributed by atoms with van der Waals surface area (Å²) < 4.78 is 5.20. The molecule has 0 saturated carbocycles. The van der Waals surface area contributed by atoms with Gasteiger partial charge in [0.05, 0.1) is 23.8 Å². The van der Waals surface area contributed by atoms with Gasteiger partial charge >= 0.3 is 0 Å². The zero-order valence-electron chi connectivity index (χ0n) is 14.8. The Bertz CT molecular complexity index is 1290. The molecule has 0 fully saturated rings. The maximum atomic E-state index is 5.20. The summed E-state index contributed by atoms with van der Waals surface area (Å²) in [4.78, 5) is 8.88. The average molecular weight is 356 g/mol. The van der Waals surface area contributed by atoms with Crippen LogP contribution < -0.4 is 4.74 Å². The minimum absolute atomic E-state index is 0.604. The van der Waals surface area contributed by atoms with Crippen LogP contribution in [0.25, 0.3) is 44.5 Å². The molecule has 2 N–H and O–H groups in total. The molecule has 0 atom stereocenters. The first-order valence-electron chi connectivity index (χ1n) is 8.54. The van der Waals surface area contributed by atoms with Crippen LogP contribution in [0, 0.1) is 6.92 Å². The van der Waals surface area contributed by atoms with Gasteiger partial charge in [-0.25, -0.2) is 9.97 Å². The first kappa shape index (κ1) is 15.5. The van der Waals surface area contributed by atoms with E-state index >= 15 is 0 Å². The van der Waals surface area contributed by atoms with Crippen LogP contribution in [0.3, 0.4) is 0 Å². The molecule has 0 spiro atoms. The normalized spacial score (nSPS) is 11.3. The zero-order chi connectivity index (χ0) is 18.4. The third-order valence-corrected chi connectivity index (χ3v) is 4.56. The molecule has 0 bridgehead atoms. The Morgan fingerprint density at radius 1 is 0.852 bits per heavy atom. The Balaban J connectivity index is 1.64. The highest BCUT2D eigenvalue weighted by Gasteiger charge is 2.12. The molecule has 0 aliphatic heterocycles. The molecular weight excluding hydrogens is 340 g/mol. The summed E-state index contributed by atoms with van der Waals surface area (Å²) in [6, 6.07) is 16.0. The summed E-state index contributed by atoms with van der Waals surface area (Å²) in [6.45, 7) is 1.89. The topological polar surface area (TPSA) is 92.4 Å². The molecule has 0 saturated heterocycles. The van der Waals surface area contributed by atoms with Gasteiger partial charge < -0.3 is 4.74 Å². The van der Waals surface area contributed by atoms with Crippen molar-refractivity contribution in [3.8, 4) is 28.5 Å². The van der Waals surface area contributed by atoms with Crippen molar-refractivity contribution >= 4 is 21.8 Å². The quantitative estimate of drug-likeness (QED) is 0.512. The van der Waals surface area contributed by atoms with Gasteiger partial charge in [0.2, 0.25) is 5.88 Å². The van der Waals surface area contributed by atoms with Crippen molar-refractivity contribution in [1.29, 1.82) is 0 Å². The van der Waals surface area contributed by atoms with Gasteiger partial charge in [0.15, 0.2) is 5.82 Å². The molecule has 3 aromatic heterocycles. The standard InChI is InChI=1S/C20H16N6O/c1-11-21-20(26-23-11)14-4-7-17-15(10-14)19(25-24-17)13-3-6-16-12(9-13)5-8-18(22-16)27-2/h3-10H,1-2H3,(H,24,25)(H,21,23,26). The number of aromatic nitrogens is 6. The molecule has 5 aromatic rings. The highest BCUT2D eigenvalue weighted by atomic mass is 16.5. The fourth-order valence-corrected chi connectivity index (χ4v) is 3.21. The molecule has 0 radical (unpaired) electrons. The number of hydrogen-bond donors (Lipinski definition) is 2. The van der Waals surface area contributed by atoms with E-state index in [2.05, 4.69) is 42.5 Å². The predicted molar refractivity (Wildman–Crippen MR) is 103 cm³/mol. The first-order valence-corrected chi connectivity index (χ1v) is 8.54. The highest BCUT2D eigenvalue weighted by Crippen LogP contribution is 2.31. The van der Waals surface area contributed by atoms with E-state index in [1.54, 1.807) is 7.11 Å². The number of aromatic amines is 2. The van der Waals surface area contributed by atoms with E-state index in [4.69, 9.17) is 4.74 Å². The van der Waals surface area contributed by atoms with Crippen molar-refractivity contribution in [2.75, 3.05) is 7.11 Å². The van der Waals surface area contributed by atoms with E-state index in [9.17, 15) is 0 Å². The summed E-state index contributed by atoms with van der Waals surface area (Å²) in [7, 11) is 1.62. The summed E-state index contributed by atoms with van der Waals surface area (Å²) in [6.07, 6.45) is 0. The van der Waals surface area contributed by atoms with Crippen molar-refractivity contribution in [2.45, 2.75) is 6.92 Å². The van der Waals surface area contributed by atoms with E-state index < -0.39 is 0 Å². The van der Waals surface area contributed by atoms with Gasteiger partial charge in [-0.2, -0.15) is 10.2 Å². The SMILES string of the molecule is COc1ccc2cc(-c3n[nH]c4ccc(-c5n[nH]c(C)n5)cc34)ccc2n1. The maximum absolute atomic E-state index is 5.20. The summed E-state index contributed by atoms with van der Waals surface area (Å²) in [5.41, 5.74) is 4.70. The van der Waals surface area contributed by atoms with E-state index in [1.807, 2.05) is 43.3 Å². The summed E-state index contributed by atoms with van der Waals surface area (Å²) >= 11 is 0. The molecular formula is C20H16N6O. The second-order valence-electron chi connectivity index (χ2n) is 6.34. The van der Waals surface area contributed by atoms with Crippen LogP contribution in [-0.4, -0.2) is 37.5 Å². The molecule has 132 valence electrons. The van der Waals surface area contributed by atoms with Crippen LogP contribution in [0.5, 0.6) is 5.88 Å². The number of benzene rings is 2. The van der Waals surface area contributed by atoms with Gasteiger partial charge in [0.1, 0.15) is 5.82 Å². The molecule has 27 heavy (non-hydrogen) atoms. The Morgan fingerprint density at radius 3 is 2.56 bits per heavy atom. The number of nitrogens with zero attached hydrogens (tertiary/aromatic N) is 4. The van der Waals surface area contributed by atoms with Crippen molar-refractivity contribution in [3.63, 3.8) is 0 Å². The van der Waals surface area contributed by atoms with Gasteiger partial charge in [-0.05, 0) is 43.3 Å². The van der Waals surface area contributed by atoms with E-state index in [-0.39, 0.29) is 0 Å². The number of methoxy groups -OCH3 is 1. The zero-order valence-corrected chi connectivity index (χ0v) is 14.8. The van der Waals surface area contributed by atoms with Crippen molar-refractivity contribution in [2.24, 2.45) is 0 Å². The van der Waals surface area contributed by atoms with Gasteiger partial charge in [0, 0.05) is 28.0 Å². The second-order valence-corrected chi connectivity index (χ2v) is 6.34. The van der Waals surface area contributed by atoms with Crippen molar-refractivity contribution in [1.82, 2.24) is 30.4 Å². The largest absolute Gasteiger partial charge is 0.481 e. The molecule has 3 heterocycles. The van der Waals surface area contributed by atoms with Crippen LogP contribution in [0.1, 0.15) is 5.82 Å². The van der Waals surface area contributed by atoms with Crippen LogP contribution in [-0.2, 0) is 0 Å². The second kappa shape index (κ2) is 5.91. The Labute approximate surface area is 154 Å². The third-order valence-electron chi connectivity index (χ3n) is 4.56. The van der Waals surface area contributed by atoms with Gasteiger partial charge in [-0.15, -0.1) is 0 Å². The van der Waals surface area contributed by atoms with Gasteiger partial charge in [-0.1, -0.05) is 6.07 Å². The Hall–Kier alpha value is -3.74. The molecule has 0 aliphatic rings. The molecule has 2 aromatic carbocycles. The molecule has 0 amide bonds. The number of ether oxygens (including phenoxy) is 1. The average Bonchev–Trinajstić information content (AvgIpc) is 3.32. The maximum Gasteiger partial charge on any atom is 0.213 e. The molecule has 5 rings (SSSR count). The lowest BCUT2D eigenvalue weighted by atomic mass is 10.0. The monoisotopic (exact) mass is 356 g/mol. The number of aryl methyl sites for hydroxylation is 1. The lowest BCUT2D eigenvalue weighted by Crippen LogP contribution is -1.88. The minimum atomic E-state index is 0.604. The molecule has 0 aliphatic carbocycles. The molecule has 7 nitrogen and oxygen atoms in total. The summed E-state index contributed by atoms with van der Waals surface area (Å²) in [5, 5.41) is 16.8. The first-order chi connectivity index (χ1) is 13.2. The van der Waals surface area contributed by atoms with Crippen LogP contribution in [0.4, 0.5) is 0 Å². The lowest BCUT2D eigenvalue weighted by Gasteiger charge is -2.04. The van der Waals surface area contributed by atoms with E-state index in [0.717, 1.165) is 44.5 Å². The lowest BCUT2D eigenvalue weighted by molar-refractivity contribution is 0.399. The van der Waals surface area contributed by atoms with Crippen molar-refractivity contribution < 1.29 is 4.74 Å². The molecule has 7 heteroatoms. The predicted octanol–water partition coefficient (Wildman–Crippen LogP) is 3.88. The third kappa shape index (κ3) is 2.60. The smallest absolute Gasteiger partial charge is 0.213 e. The number of fused-ring (bicyclic) bond motifs is 2. The van der Waals surface area contributed by atoms with Gasteiger partial charge in [0.25, 0.3) is 0 Å². The number of rotatable bonds is 3. The number of hydrogen-bond acceptors (Lipinski definition) is 5. The number of H-pyrrole nitrogens is 2. The Kier molecular flexibility index (Phi) is 3.39. The highest BCUT2D eigenvalue weighted by molar-refractivity contribution is 5.97. The van der Waals surface area contributed by atoms with Crippen LogP contribution in [0.15, 0.2) is 48.5 Å². The summed E-state index contributed by atoms with van der Waals surface area (Å²) in [5.74, 6) is 2.07.